The van der Waals surface area contributed by atoms with Crippen molar-refractivity contribution >= 4 is 11.6 Å². The van der Waals surface area contributed by atoms with Crippen molar-refractivity contribution in [1.29, 1.82) is 0 Å². The number of hydrogen-bond donors (Lipinski definition) is 1. The molecular formula is C17H28ClNO. The van der Waals surface area contributed by atoms with Gasteiger partial charge in [0.1, 0.15) is 11.9 Å². The van der Waals surface area contributed by atoms with Crippen molar-refractivity contribution in [2.75, 3.05) is 6.54 Å². The van der Waals surface area contributed by atoms with Crippen LogP contribution in [0.4, 0.5) is 0 Å². The Morgan fingerprint density at radius 2 is 2.00 bits per heavy atom. The van der Waals surface area contributed by atoms with Gasteiger partial charge in [-0.1, -0.05) is 51.3 Å². The average Bonchev–Trinajstić information content (AvgIpc) is 2.38. The van der Waals surface area contributed by atoms with Crippen molar-refractivity contribution in [2.24, 2.45) is 5.92 Å². The van der Waals surface area contributed by atoms with Crippen LogP contribution in [-0.4, -0.2) is 18.7 Å². The first kappa shape index (κ1) is 17.3. The van der Waals surface area contributed by atoms with Crippen LogP contribution in [0.15, 0.2) is 24.3 Å². The molecule has 0 saturated heterocycles. The van der Waals surface area contributed by atoms with Gasteiger partial charge in [-0.2, -0.15) is 0 Å². The highest BCUT2D eigenvalue weighted by Crippen LogP contribution is 2.21. The Morgan fingerprint density at radius 3 is 2.60 bits per heavy atom. The maximum atomic E-state index is 6.04. The SMILES string of the molecule is CCCC(C)CC(NCC)C(C)Oc1cccc(Cl)c1. The van der Waals surface area contributed by atoms with E-state index in [2.05, 4.69) is 33.0 Å². The van der Waals surface area contributed by atoms with Gasteiger partial charge in [0, 0.05) is 11.1 Å². The van der Waals surface area contributed by atoms with Crippen molar-refractivity contribution in [3.63, 3.8) is 0 Å². The van der Waals surface area contributed by atoms with Crippen LogP contribution in [0, 0.1) is 5.92 Å². The van der Waals surface area contributed by atoms with E-state index >= 15 is 0 Å². The van der Waals surface area contributed by atoms with E-state index in [1.54, 1.807) is 0 Å². The minimum absolute atomic E-state index is 0.132. The third-order valence-electron chi connectivity index (χ3n) is 3.59. The molecule has 1 rings (SSSR count). The summed E-state index contributed by atoms with van der Waals surface area (Å²) in [7, 11) is 0. The summed E-state index contributed by atoms with van der Waals surface area (Å²) in [6, 6.07) is 7.99. The van der Waals surface area contributed by atoms with E-state index in [-0.39, 0.29) is 6.10 Å². The summed E-state index contributed by atoms with van der Waals surface area (Å²) in [5, 5.41) is 4.27. The molecule has 1 aromatic rings. The molecule has 0 aliphatic heterocycles. The predicted molar refractivity (Wildman–Crippen MR) is 87.7 cm³/mol. The highest BCUT2D eigenvalue weighted by atomic mass is 35.5. The largest absolute Gasteiger partial charge is 0.489 e. The Hall–Kier alpha value is -0.730. The lowest BCUT2D eigenvalue weighted by Crippen LogP contribution is -2.42. The maximum Gasteiger partial charge on any atom is 0.121 e. The fourth-order valence-corrected chi connectivity index (χ4v) is 2.76. The van der Waals surface area contributed by atoms with E-state index < -0.39 is 0 Å². The Balaban J connectivity index is 2.61. The van der Waals surface area contributed by atoms with E-state index in [4.69, 9.17) is 16.3 Å². The van der Waals surface area contributed by atoms with E-state index in [9.17, 15) is 0 Å². The highest BCUT2D eigenvalue weighted by molar-refractivity contribution is 6.30. The number of hydrogen-bond acceptors (Lipinski definition) is 2. The number of rotatable bonds is 9. The monoisotopic (exact) mass is 297 g/mol. The van der Waals surface area contributed by atoms with Crippen LogP contribution in [0.3, 0.4) is 0 Å². The van der Waals surface area contributed by atoms with Gasteiger partial charge in [-0.3, -0.25) is 0 Å². The molecule has 3 heteroatoms. The molecule has 3 atom stereocenters. The summed E-state index contributed by atoms with van der Waals surface area (Å²) in [4.78, 5) is 0. The minimum atomic E-state index is 0.132. The van der Waals surface area contributed by atoms with E-state index in [0.717, 1.165) is 24.6 Å². The van der Waals surface area contributed by atoms with E-state index in [1.807, 2.05) is 24.3 Å². The summed E-state index contributed by atoms with van der Waals surface area (Å²) in [5.74, 6) is 1.56. The lowest BCUT2D eigenvalue weighted by molar-refractivity contribution is 0.154. The van der Waals surface area contributed by atoms with Gasteiger partial charge in [0.15, 0.2) is 0 Å². The average molecular weight is 298 g/mol. The van der Waals surface area contributed by atoms with Crippen molar-refractivity contribution in [3.8, 4) is 5.75 Å². The predicted octanol–water partition coefficient (Wildman–Crippen LogP) is 4.91. The zero-order chi connectivity index (χ0) is 15.0. The van der Waals surface area contributed by atoms with Crippen molar-refractivity contribution in [1.82, 2.24) is 5.32 Å². The fraction of sp³-hybridized carbons (Fsp3) is 0.647. The van der Waals surface area contributed by atoms with Gasteiger partial charge in [-0.25, -0.2) is 0 Å². The summed E-state index contributed by atoms with van der Waals surface area (Å²) < 4.78 is 6.04. The summed E-state index contributed by atoms with van der Waals surface area (Å²) >= 11 is 6.00. The Bertz CT molecular complexity index is 383. The van der Waals surface area contributed by atoms with Crippen LogP contribution in [0.25, 0.3) is 0 Å². The number of benzene rings is 1. The number of nitrogens with one attached hydrogen (secondary N) is 1. The zero-order valence-corrected chi connectivity index (χ0v) is 13.9. The summed E-state index contributed by atoms with van der Waals surface area (Å²) in [6.07, 6.45) is 3.78. The van der Waals surface area contributed by atoms with Gasteiger partial charge < -0.3 is 10.1 Å². The van der Waals surface area contributed by atoms with Gasteiger partial charge in [-0.15, -0.1) is 0 Å². The molecule has 114 valence electrons. The third kappa shape index (κ3) is 6.15. The molecule has 3 unspecified atom stereocenters. The van der Waals surface area contributed by atoms with E-state index in [1.165, 1.54) is 12.8 Å². The first-order chi connectivity index (χ1) is 9.56. The molecule has 1 aromatic carbocycles. The molecule has 0 aromatic heterocycles. The second kappa shape index (κ2) is 9.25. The van der Waals surface area contributed by atoms with Crippen molar-refractivity contribution < 1.29 is 4.74 Å². The smallest absolute Gasteiger partial charge is 0.121 e. The van der Waals surface area contributed by atoms with Gasteiger partial charge >= 0.3 is 0 Å². The molecule has 0 radical (unpaired) electrons. The molecular weight excluding hydrogens is 270 g/mol. The van der Waals surface area contributed by atoms with Gasteiger partial charge in [0.05, 0.1) is 0 Å². The normalized spacial score (nSPS) is 15.7. The molecule has 0 bridgehead atoms. The molecule has 0 amide bonds. The number of halogens is 1. The molecule has 0 spiro atoms. The molecule has 0 fully saturated rings. The Morgan fingerprint density at radius 1 is 1.25 bits per heavy atom. The number of likely N-dealkylation sites (N-methyl/N-ethyl adjacent to an activating group) is 1. The topological polar surface area (TPSA) is 21.3 Å². The quantitative estimate of drug-likeness (QED) is 0.699. The fourth-order valence-electron chi connectivity index (χ4n) is 2.58. The van der Waals surface area contributed by atoms with Crippen LogP contribution < -0.4 is 10.1 Å². The third-order valence-corrected chi connectivity index (χ3v) is 3.82. The standard InChI is InChI=1S/C17H28ClNO/c1-5-8-13(3)11-17(19-6-2)14(4)20-16-10-7-9-15(18)12-16/h7,9-10,12-14,17,19H,5-6,8,11H2,1-4H3. The Labute approximate surface area is 128 Å². The van der Waals surface area contributed by atoms with Crippen LogP contribution >= 0.6 is 11.6 Å². The van der Waals surface area contributed by atoms with Crippen molar-refractivity contribution in [2.45, 2.75) is 59.1 Å². The van der Waals surface area contributed by atoms with Crippen LogP contribution in [0.2, 0.25) is 5.02 Å². The molecule has 1 N–H and O–H groups in total. The molecule has 0 aliphatic rings. The van der Waals surface area contributed by atoms with Gasteiger partial charge in [0.2, 0.25) is 0 Å². The summed E-state index contributed by atoms with van der Waals surface area (Å²) in [6.45, 7) is 9.80. The minimum Gasteiger partial charge on any atom is -0.489 e. The van der Waals surface area contributed by atoms with Crippen LogP contribution in [0.5, 0.6) is 5.75 Å². The van der Waals surface area contributed by atoms with Crippen LogP contribution in [-0.2, 0) is 0 Å². The maximum absolute atomic E-state index is 6.04. The van der Waals surface area contributed by atoms with E-state index in [0.29, 0.717) is 11.1 Å². The molecule has 0 heterocycles. The molecule has 20 heavy (non-hydrogen) atoms. The Kier molecular flexibility index (Phi) is 8.01. The lowest BCUT2D eigenvalue weighted by atomic mass is 9.94. The first-order valence-electron chi connectivity index (χ1n) is 7.72. The first-order valence-corrected chi connectivity index (χ1v) is 8.10. The molecule has 0 saturated carbocycles. The molecule has 0 aliphatic carbocycles. The van der Waals surface area contributed by atoms with Crippen molar-refractivity contribution in [3.05, 3.63) is 29.3 Å². The van der Waals surface area contributed by atoms with Gasteiger partial charge in [0.25, 0.3) is 0 Å². The van der Waals surface area contributed by atoms with Crippen LogP contribution in [0.1, 0.15) is 47.0 Å². The number of ether oxygens (including phenoxy) is 1. The highest BCUT2D eigenvalue weighted by Gasteiger charge is 2.20. The second-order valence-corrected chi connectivity index (χ2v) is 6.01. The molecule has 2 nitrogen and oxygen atoms in total. The van der Waals surface area contributed by atoms with Gasteiger partial charge in [-0.05, 0) is 44.0 Å². The zero-order valence-electron chi connectivity index (χ0n) is 13.2. The summed E-state index contributed by atoms with van der Waals surface area (Å²) in [5.41, 5.74) is 0. The second-order valence-electron chi connectivity index (χ2n) is 5.57. The lowest BCUT2D eigenvalue weighted by Gasteiger charge is -2.28.